The van der Waals surface area contributed by atoms with Crippen LogP contribution >= 0.6 is 0 Å². The number of carbonyl (C=O) groups excluding carboxylic acids is 2. The Kier molecular flexibility index (Phi) is 4.30. The van der Waals surface area contributed by atoms with Gasteiger partial charge in [0.1, 0.15) is 11.3 Å². The number of benzene rings is 1. The van der Waals surface area contributed by atoms with Crippen LogP contribution in [0.15, 0.2) is 36.5 Å². The van der Waals surface area contributed by atoms with Crippen molar-refractivity contribution in [1.82, 2.24) is 9.55 Å². The van der Waals surface area contributed by atoms with Gasteiger partial charge >= 0.3 is 5.97 Å². The number of rotatable bonds is 3. The van der Waals surface area contributed by atoms with Crippen LogP contribution in [0.1, 0.15) is 41.9 Å². The van der Waals surface area contributed by atoms with E-state index in [-0.39, 0.29) is 17.4 Å². The Labute approximate surface area is 129 Å². The van der Waals surface area contributed by atoms with E-state index in [0.717, 1.165) is 0 Å². The second-order valence-corrected chi connectivity index (χ2v) is 5.85. The van der Waals surface area contributed by atoms with Crippen molar-refractivity contribution in [3.63, 3.8) is 0 Å². The molecule has 1 aromatic heterocycles. The summed E-state index contributed by atoms with van der Waals surface area (Å²) in [5.41, 5.74) is 0.288. The van der Waals surface area contributed by atoms with Gasteiger partial charge in [-0.15, -0.1) is 0 Å². The zero-order valence-electron chi connectivity index (χ0n) is 13.1. The number of nitrogens with one attached hydrogen (secondary N) is 1. The van der Waals surface area contributed by atoms with E-state index in [9.17, 15) is 9.59 Å². The minimum Gasteiger partial charge on any atom is -0.455 e. The second-order valence-electron chi connectivity index (χ2n) is 5.85. The van der Waals surface area contributed by atoms with Crippen molar-refractivity contribution >= 4 is 17.6 Å². The molecule has 6 heteroatoms. The normalized spacial score (nSPS) is 11.1. The van der Waals surface area contributed by atoms with Crippen LogP contribution < -0.4 is 5.32 Å². The Bertz CT molecular complexity index is 684. The fourth-order valence-corrected chi connectivity index (χ4v) is 1.85. The number of anilines is 1. The molecule has 0 bridgehead atoms. The summed E-state index contributed by atoms with van der Waals surface area (Å²) in [5.74, 6) is -0.755. The maximum atomic E-state index is 12.2. The summed E-state index contributed by atoms with van der Waals surface area (Å²) in [5, 5.41) is 2.73. The predicted octanol–water partition coefficient (Wildman–Crippen LogP) is 2.63. The fraction of sp³-hybridized carbons (Fsp3) is 0.312. The predicted molar refractivity (Wildman–Crippen MR) is 82.8 cm³/mol. The van der Waals surface area contributed by atoms with Crippen molar-refractivity contribution in [3.05, 3.63) is 48.0 Å². The number of esters is 1. The van der Waals surface area contributed by atoms with E-state index in [4.69, 9.17) is 4.74 Å². The molecule has 0 radical (unpaired) electrons. The molecular weight excluding hydrogens is 282 g/mol. The van der Waals surface area contributed by atoms with Gasteiger partial charge in [0.05, 0.1) is 6.20 Å². The van der Waals surface area contributed by atoms with E-state index in [1.165, 1.54) is 10.8 Å². The molecule has 22 heavy (non-hydrogen) atoms. The highest BCUT2D eigenvalue weighted by atomic mass is 16.6. The highest BCUT2D eigenvalue weighted by molar-refractivity contribution is 6.02. The average molecular weight is 301 g/mol. The molecule has 0 aliphatic rings. The number of nitrogens with zero attached hydrogens (tertiary/aromatic N) is 2. The van der Waals surface area contributed by atoms with Gasteiger partial charge in [-0.2, -0.15) is 0 Å². The van der Waals surface area contributed by atoms with E-state index in [2.05, 4.69) is 10.3 Å². The SMILES string of the molecule is Cn1c(C(=O)OC(C)(C)C)cnc1C(=O)Nc1ccccc1. The molecule has 2 aromatic rings. The Balaban J connectivity index is 2.17. The first kappa shape index (κ1) is 15.8. The number of para-hydroxylation sites is 1. The van der Waals surface area contributed by atoms with Crippen LogP contribution in [-0.2, 0) is 11.8 Å². The number of carbonyl (C=O) groups is 2. The van der Waals surface area contributed by atoms with Gasteiger partial charge in [-0.1, -0.05) is 18.2 Å². The van der Waals surface area contributed by atoms with Crippen LogP contribution in [0.5, 0.6) is 0 Å². The molecular formula is C16H19N3O3. The van der Waals surface area contributed by atoms with Gasteiger partial charge in [-0.25, -0.2) is 9.78 Å². The standard InChI is InChI=1S/C16H19N3O3/c1-16(2,3)22-15(21)12-10-17-13(19(12)4)14(20)18-11-8-6-5-7-9-11/h5-10H,1-4H3,(H,18,20). The van der Waals surface area contributed by atoms with E-state index >= 15 is 0 Å². The molecule has 1 N–H and O–H groups in total. The third kappa shape index (κ3) is 3.72. The second kappa shape index (κ2) is 6.01. The maximum absolute atomic E-state index is 12.2. The smallest absolute Gasteiger partial charge is 0.357 e. The lowest BCUT2D eigenvalue weighted by Crippen LogP contribution is -2.26. The van der Waals surface area contributed by atoms with E-state index in [1.807, 2.05) is 18.2 Å². The molecule has 0 aliphatic heterocycles. The molecule has 116 valence electrons. The van der Waals surface area contributed by atoms with Crippen LogP contribution in [0.25, 0.3) is 0 Å². The van der Waals surface area contributed by atoms with Gasteiger partial charge in [-0.05, 0) is 32.9 Å². The molecule has 1 aromatic carbocycles. The zero-order valence-corrected chi connectivity index (χ0v) is 13.1. The Morgan fingerprint density at radius 3 is 2.41 bits per heavy atom. The molecule has 0 saturated carbocycles. The van der Waals surface area contributed by atoms with Gasteiger partial charge in [0.2, 0.25) is 0 Å². The summed E-state index contributed by atoms with van der Waals surface area (Å²) in [6, 6.07) is 9.04. The summed E-state index contributed by atoms with van der Waals surface area (Å²) < 4.78 is 6.71. The summed E-state index contributed by atoms with van der Waals surface area (Å²) in [6.45, 7) is 5.35. The number of imidazole rings is 1. The highest BCUT2D eigenvalue weighted by Gasteiger charge is 2.23. The van der Waals surface area contributed by atoms with Crippen molar-refractivity contribution in [2.24, 2.45) is 7.05 Å². The van der Waals surface area contributed by atoms with Crippen molar-refractivity contribution < 1.29 is 14.3 Å². The average Bonchev–Trinajstić information content (AvgIpc) is 2.80. The molecule has 0 aliphatic carbocycles. The Morgan fingerprint density at radius 1 is 1.18 bits per heavy atom. The first-order valence-electron chi connectivity index (χ1n) is 6.89. The van der Waals surface area contributed by atoms with Gasteiger partial charge in [-0.3, -0.25) is 4.79 Å². The quantitative estimate of drug-likeness (QED) is 0.884. The summed E-state index contributed by atoms with van der Waals surface area (Å²) >= 11 is 0. The zero-order chi connectivity index (χ0) is 16.3. The minimum atomic E-state index is -0.603. The lowest BCUT2D eigenvalue weighted by atomic mass is 10.2. The summed E-state index contributed by atoms with van der Waals surface area (Å²) in [6.07, 6.45) is 1.34. The van der Waals surface area contributed by atoms with Gasteiger partial charge < -0.3 is 14.6 Å². The maximum Gasteiger partial charge on any atom is 0.357 e. The van der Waals surface area contributed by atoms with Crippen molar-refractivity contribution in [3.8, 4) is 0 Å². The molecule has 1 heterocycles. The van der Waals surface area contributed by atoms with Gasteiger partial charge in [0.15, 0.2) is 5.82 Å². The number of aromatic nitrogens is 2. The van der Waals surface area contributed by atoms with Gasteiger partial charge in [0.25, 0.3) is 5.91 Å². The number of ether oxygens (including phenoxy) is 1. The van der Waals surface area contributed by atoms with Crippen LogP contribution in [0, 0.1) is 0 Å². The number of hydrogen-bond donors (Lipinski definition) is 1. The minimum absolute atomic E-state index is 0.143. The Hall–Kier alpha value is -2.63. The van der Waals surface area contributed by atoms with Crippen molar-refractivity contribution in [2.45, 2.75) is 26.4 Å². The van der Waals surface area contributed by atoms with Crippen LogP contribution in [0.4, 0.5) is 5.69 Å². The largest absolute Gasteiger partial charge is 0.455 e. The number of hydrogen-bond acceptors (Lipinski definition) is 4. The first-order chi connectivity index (χ1) is 10.3. The van der Waals surface area contributed by atoms with Crippen LogP contribution in [0.3, 0.4) is 0 Å². The molecule has 1 amide bonds. The molecule has 0 spiro atoms. The molecule has 0 saturated heterocycles. The molecule has 6 nitrogen and oxygen atoms in total. The van der Waals surface area contributed by atoms with Crippen molar-refractivity contribution in [2.75, 3.05) is 5.32 Å². The topological polar surface area (TPSA) is 73.2 Å². The fourth-order valence-electron chi connectivity index (χ4n) is 1.85. The van der Waals surface area contributed by atoms with E-state index < -0.39 is 11.6 Å². The summed E-state index contributed by atoms with van der Waals surface area (Å²) in [7, 11) is 1.60. The van der Waals surface area contributed by atoms with Crippen LogP contribution in [0.2, 0.25) is 0 Å². The lowest BCUT2D eigenvalue weighted by Gasteiger charge is -2.19. The molecule has 2 rings (SSSR count). The molecule has 0 unspecified atom stereocenters. The van der Waals surface area contributed by atoms with Gasteiger partial charge in [0, 0.05) is 12.7 Å². The van der Waals surface area contributed by atoms with Crippen LogP contribution in [-0.4, -0.2) is 27.0 Å². The van der Waals surface area contributed by atoms with E-state index in [1.54, 1.807) is 40.0 Å². The number of amides is 1. The lowest BCUT2D eigenvalue weighted by molar-refractivity contribution is 0.00589. The highest BCUT2D eigenvalue weighted by Crippen LogP contribution is 2.14. The first-order valence-corrected chi connectivity index (χ1v) is 6.89. The summed E-state index contributed by atoms with van der Waals surface area (Å²) in [4.78, 5) is 28.3. The third-order valence-corrected chi connectivity index (χ3v) is 2.83. The van der Waals surface area contributed by atoms with Crippen molar-refractivity contribution in [1.29, 1.82) is 0 Å². The molecule has 0 atom stereocenters. The third-order valence-electron chi connectivity index (χ3n) is 2.83. The van der Waals surface area contributed by atoms with E-state index in [0.29, 0.717) is 5.69 Å². The Morgan fingerprint density at radius 2 is 1.82 bits per heavy atom. The molecule has 0 fully saturated rings. The monoisotopic (exact) mass is 301 g/mol.